The average molecular weight is 185 g/mol. The molecule has 0 saturated carbocycles. The van der Waals surface area contributed by atoms with E-state index >= 15 is 0 Å². The average Bonchev–Trinajstić information content (AvgIpc) is 2.08. The number of hydrogen-bond donors (Lipinski definition) is 1. The lowest BCUT2D eigenvalue weighted by Crippen LogP contribution is -2.13. The third kappa shape index (κ3) is 1.96. The molecule has 1 rings (SSSR count). The van der Waals surface area contributed by atoms with Gasteiger partial charge >= 0.3 is 0 Å². The molecular formula is C9H13ClN2. The summed E-state index contributed by atoms with van der Waals surface area (Å²) in [6.07, 6.45) is 1.77. The molecule has 1 atom stereocenters. The number of aryl methyl sites for hydroxylation is 1. The number of halogens is 1. The molecule has 1 N–H and O–H groups in total. The molecule has 3 heteroatoms. The number of nitrogens with zero attached hydrogens (tertiary/aromatic N) is 1. The summed E-state index contributed by atoms with van der Waals surface area (Å²) in [5.74, 6) is 0. The minimum atomic E-state index is 0.255. The molecule has 0 spiro atoms. The Hall–Kier alpha value is -0.600. The van der Waals surface area contributed by atoms with Gasteiger partial charge in [0, 0.05) is 17.8 Å². The summed E-state index contributed by atoms with van der Waals surface area (Å²) in [6, 6.07) is 2.31. The Labute approximate surface area is 78.0 Å². The van der Waals surface area contributed by atoms with Crippen LogP contribution in [-0.4, -0.2) is 12.0 Å². The topological polar surface area (TPSA) is 24.9 Å². The predicted octanol–water partition coefficient (Wildman–Crippen LogP) is 2.32. The zero-order valence-corrected chi connectivity index (χ0v) is 8.31. The summed E-state index contributed by atoms with van der Waals surface area (Å²) >= 11 is 5.92. The first kappa shape index (κ1) is 9.49. The molecule has 0 bridgehead atoms. The first-order valence-electron chi connectivity index (χ1n) is 3.94. The fourth-order valence-corrected chi connectivity index (χ4v) is 1.30. The van der Waals surface area contributed by atoms with Gasteiger partial charge in [-0.3, -0.25) is 0 Å². The highest BCUT2D eigenvalue weighted by atomic mass is 35.5. The van der Waals surface area contributed by atoms with Crippen LogP contribution in [0.1, 0.15) is 24.1 Å². The van der Waals surface area contributed by atoms with E-state index in [1.165, 1.54) is 0 Å². The molecule has 0 amide bonds. The molecule has 1 heterocycles. The van der Waals surface area contributed by atoms with Crippen molar-refractivity contribution >= 4 is 11.6 Å². The maximum Gasteiger partial charge on any atom is 0.133 e. The van der Waals surface area contributed by atoms with Crippen LogP contribution < -0.4 is 5.32 Å². The lowest BCUT2D eigenvalue weighted by Gasteiger charge is -2.11. The highest BCUT2D eigenvalue weighted by molar-refractivity contribution is 6.30. The lowest BCUT2D eigenvalue weighted by atomic mass is 10.1. The van der Waals surface area contributed by atoms with Gasteiger partial charge in [-0.2, -0.15) is 0 Å². The van der Waals surface area contributed by atoms with Gasteiger partial charge in [0.15, 0.2) is 0 Å². The summed E-state index contributed by atoms with van der Waals surface area (Å²) in [7, 11) is 1.91. The van der Waals surface area contributed by atoms with E-state index in [-0.39, 0.29) is 6.04 Å². The van der Waals surface area contributed by atoms with Crippen LogP contribution in [0, 0.1) is 6.92 Å². The minimum absolute atomic E-state index is 0.255. The van der Waals surface area contributed by atoms with Gasteiger partial charge < -0.3 is 5.32 Å². The lowest BCUT2D eigenvalue weighted by molar-refractivity contribution is 0.649. The van der Waals surface area contributed by atoms with E-state index < -0.39 is 0 Å². The van der Waals surface area contributed by atoms with Gasteiger partial charge in [-0.25, -0.2) is 4.98 Å². The van der Waals surface area contributed by atoms with Crippen molar-refractivity contribution in [3.8, 4) is 0 Å². The first-order valence-corrected chi connectivity index (χ1v) is 4.32. The Balaban J connectivity index is 3.04. The maximum atomic E-state index is 5.92. The second-order valence-electron chi connectivity index (χ2n) is 2.90. The largest absolute Gasteiger partial charge is 0.313 e. The van der Waals surface area contributed by atoms with Crippen molar-refractivity contribution < 1.29 is 0 Å². The van der Waals surface area contributed by atoms with Crippen LogP contribution in [0.25, 0.3) is 0 Å². The highest BCUT2D eigenvalue weighted by Gasteiger charge is 2.07. The molecule has 0 aliphatic heterocycles. The van der Waals surface area contributed by atoms with E-state index in [1.54, 1.807) is 6.20 Å². The van der Waals surface area contributed by atoms with Gasteiger partial charge in [0.25, 0.3) is 0 Å². The monoisotopic (exact) mass is 184 g/mol. The molecule has 0 saturated heterocycles. The quantitative estimate of drug-likeness (QED) is 0.714. The summed E-state index contributed by atoms with van der Waals surface area (Å²) < 4.78 is 0. The van der Waals surface area contributed by atoms with Crippen molar-refractivity contribution in [2.24, 2.45) is 0 Å². The second kappa shape index (κ2) is 3.87. The Bertz CT molecular complexity index is 273. The molecule has 12 heavy (non-hydrogen) atoms. The zero-order chi connectivity index (χ0) is 9.14. The van der Waals surface area contributed by atoms with E-state index in [0.717, 1.165) is 11.1 Å². The molecule has 66 valence electrons. The smallest absolute Gasteiger partial charge is 0.133 e. The van der Waals surface area contributed by atoms with Crippen LogP contribution in [0.4, 0.5) is 0 Å². The molecular weight excluding hydrogens is 172 g/mol. The van der Waals surface area contributed by atoms with Crippen molar-refractivity contribution in [1.29, 1.82) is 0 Å². The third-order valence-corrected chi connectivity index (χ3v) is 2.22. The number of rotatable bonds is 2. The fraction of sp³-hybridized carbons (Fsp3) is 0.444. The van der Waals surface area contributed by atoms with Gasteiger partial charge in [-0.05, 0) is 32.5 Å². The molecule has 0 aliphatic carbocycles. The Kier molecular flexibility index (Phi) is 3.06. The van der Waals surface area contributed by atoms with E-state index in [1.807, 2.05) is 14.0 Å². The van der Waals surface area contributed by atoms with Crippen LogP contribution >= 0.6 is 11.6 Å². The van der Waals surface area contributed by atoms with Crippen LogP contribution in [0.15, 0.2) is 12.3 Å². The maximum absolute atomic E-state index is 5.92. The van der Waals surface area contributed by atoms with Crippen molar-refractivity contribution in [2.45, 2.75) is 19.9 Å². The third-order valence-electron chi connectivity index (χ3n) is 1.90. The first-order chi connectivity index (χ1) is 5.65. The van der Waals surface area contributed by atoms with Crippen LogP contribution in [0.2, 0.25) is 5.15 Å². The van der Waals surface area contributed by atoms with Crippen molar-refractivity contribution in [3.63, 3.8) is 0 Å². The zero-order valence-electron chi connectivity index (χ0n) is 7.56. The molecule has 0 radical (unpaired) electrons. The Morgan fingerprint density at radius 1 is 1.58 bits per heavy atom. The molecule has 0 aromatic carbocycles. The van der Waals surface area contributed by atoms with Crippen LogP contribution in [-0.2, 0) is 0 Å². The number of nitrogens with one attached hydrogen (secondary N) is 1. The number of aromatic nitrogens is 1. The highest BCUT2D eigenvalue weighted by Crippen LogP contribution is 2.20. The van der Waals surface area contributed by atoms with E-state index in [0.29, 0.717) is 5.15 Å². The fourth-order valence-electron chi connectivity index (χ4n) is 1.03. The second-order valence-corrected chi connectivity index (χ2v) is 3.26. The van der Waals surface area contributed by atoms with E-state index in [2.05, 4.69) is 23.3 Å². The van der Waals surface area contributed by atoms with Gasteiger partial charge in [-0.1, -0.05) is 11.6 Å². The number of pyridine rings is 1. The van der Waals surface area contributed by atoms with Gasteiger partial charge in [-0.15, -0.1) is 0 Å². The predicted molar refractivity (Wildman–Crippen MR) is 51.5 cm³/mol. The van der Waals surface area contributed by atoms with Crippen molar-refractivity contribution in [2.75, 3.05) is 7.05 Å². The van der Waals surface area contributed by atoms with E-state index in [9.17, 15) is 0 Å². The minimum Gasteiger partial charge on any atom is -0.313 e. The van der Waals surface area contributed by atoms with Crippen molar-refractivity contribution in [3.05, 3.63) is 28.5 Å². The molecule has 2 nitrogen and oxygen atoms in total. The molecule has 0 fully saturated rings. The summed E-state index contributed by atoms with van der Waals surface area (Å²) in [4.78, 5) is 4.07. The Morgan fingerprint density at radius 2 is 2.25 bits per heavy atom. The van der Waals surface area contributed by atoms with Gasteiger partial charge in [0.1, 0.15) is 5.15 Å². The van der Waals surface area contributed by atoms with Crippen molar-refractivity contribution in [1.82, 2.24) is 10.3 Å². The standard InChI is InChI=1S/C9H13ClN2/c1-6-4-8(7(2)11-3)9(10)12-5-6/h4-5,7,11H,1-3H3. The van der Waals surface area contributed by atoms with Crippen LogP contribution in [0.5, 0.6) is 0 Å². The van der Waals surface area contributed by atoms with Crippen LogP contribution in [0.3, 0.4) is 0 Å². The normalized spacial score (nSPS) is 13.0. The summed E-state index contributed by atoms with van der Waals surface area (Å²) in [5.41, 5.74) is 2.19. The molecule has 1 aromatic rings. The van der Waals surface area contributed by atoms with Gasteiger partial charge in [0.05, 0.1) is 0 Å². The Morgan fingerprint density at radius 3 is 2.83 bits per heavy atom. The summed E-state index contributed by atoms with van der Waals surface area (Å²) in [5, 5.41) is 3.71. The number of hydrogen-bond acceptors (Lipinski definition) is 2. The SMILES string of the molecule is CNC(C)c1cc(C)cnc1Cl. The molecule has 0 aliphatic rings. The molecule has 1 aromatic heterocycles. The van der Waals surface area contributed by atoms with Gasteiger partial charge in [0.2, 0.25) is 0 Å². The van der Waals surface area contributed by atoms with E-state index in [4.69, 9.17) is 11.6 Å². The molecule has 1 unspecified atom stereocenters. The summed E-state index contributed by atoms with van der Waals surface area (Å²) in [6.45, 7) is 4.07.